The van der Waals surface area contributed by atoms with Crippen molar-refractivity contribution in [2.75, 3.05) is 14.2 Å². The lowest BCUT2D eigenvalue weighted by Crippen LogP contribution is -2.44. The number of benzene rings is 1. The van der Waals surface area contributed by atoms with Crippen molar-refractivity contribution in [3.8, 4) is 0 Å². The molecule has 1 aromatic heterocycles. The first kappa shape index (κ1) is 16.0. The summed E-state index contributed by atoms with van der Waals surface area (Å²) < 4.78 is 24.2. The Balaban J connectivity index is 1.90. The highest BCUT2D eigenvalue weighted by Gasteiger charge is 2.40. The molecule has 1 N–H and O–H groups in total. The number of ether oxygens (including phenoxy) is 1. The van der Waals surface area contributed by atoms with Crippen molar-refractivity contribution in [2.45, 2.75) is 38.0 Å². The Morgan fingerprint density at radius 3 is 2.83 bits per heavy atom. The number of methoxy groups -OCH3 is 1. The van der Waals surface area contributed by atoms with E-state index < -0.39 is 6.10 Å². The van der Waals surface area contributed by atoms with Crippen LogP contribution in [0.4, 0.5) is 4.39 Å². The summed E-state index contributed by atoms with van der Waals surface area (Å²) in [5.74, 6) is -0.510. The normalized spacial score (nSPS) is 24.3. The van der Waals surface area contributed by atoms with Crippen molar-refractivity contribution >= 4 is 16.9 Å². The first-order valence-electron chi connectivity index (χ1n) is 7.60. The molecule has 23 heavy (non-hydrogen) atoms. The molecule has 1 saturated carbocycles. The molecule has 1 aliphatic carbocycles. The number of amides is 1. The zero-order valence-corrected chi connectivity index (χ0v) is 13.4. The zero-order valence-electron chi connectivity index (χ0n) is 13.4. The number of aryl methyl sites for hydroxylation is 1. The molecule has 0 saturated heterocycles. The van der Waals surface area contributed by atoms with Crippen LogP contribution in [-0.4, -0.2) is 48.3 Å². The summed E-state index contributed by atoms with van der Waals surface area (Å²) in [6.45, 7) is 1.73. The molecule has 6 heteroatoms. The Kier molecular flexibility index (Phi) is 4.12. The first-order valence-corrected chi connectivity index (χ1v) is 7.60. The van der Waals surface area contributed by atoms with E-state index in [1.807, 2.05) is 0 Å². The molecule has 0 bridgehead atoms. The lowest BCUT2D eigenvalue weighted by Gasteiger charge is -2.27. The van der Waals surface area contributed by atoms with Gasteiger partial charge >= 0.3 is 0 Å². The molecule has 0 spiro atoms. The van der Waals surface area contributed by atoms with Crippen LogP contribution in [0.1, 0.15) is 29.0 Å². The SMILES string of the molecule is CO[C@@H]1CC[C@@H](N(C)C(=O)c2oc3ccc(F)cc3c2C)[C@H]1O. The van der Waals surface area contributed by atoms with E-state index in [9.17, 15) is 14.3 Å². The Hall–Kier alpha value is -1.92. The number of fused-ring (bicyclic) bond motifs is 1. The minimum Gasteiger partial charge on any atom is -0.451 e. The second-order valence-corrected chi connectivity index (χ2v) is 6.02. The Labute approximate surface area is 133 Å². The highest BCUT2D eigenvalue weighted by molar-refractivity contribution is 5.99. The fraction of sp³-hybridized carbons (Fsp3) is 0.471. The standard InChI is InChI=1S/C17H20FNO4/c1-9-11-8-10(18)4-6-13(11)23-16(9)17(21)19(2)12-5-7-14(22-3)15(12)20/h4,6,8,12,14-15,20H,5,7H2,1-3H3/t12-,14-,15-/m1/s1. The first-order chi connectivity index (χ1) is 10.9. The predicted molar refractivity (Wildman–Crippen MR) is 82.8 cm³/mol. The smallest absolute Gasteiger partial charge is 0.289 e. The molecule has 3 atom stereocenters. The number of carbonyl (C=O) groups excluding carboxylic acids is 1. The predicted octanol–water partition coefficient (Wildman–Crippen LogP) is 2.49. The number of aliphatic hydroxyl groups is 1. The van der Waals surface area contributed by atoms with Gasteiger partial charge in [0.2, 0.25) is 0 Å². The molecule has 1 heterocycles. The van der Waals surface area contributed by atoms with Gasteiger partial charge in [-0.2, -0.15) is 0 Å². The van der Waals surface area contributed by atoms with E-state index in [-0.39, 0.29) is 29.6 Å². The summed E-state index contributed by atoms with van der Waals surface area (Å²) in [4.78, 5) is 14.2. The number of furan rings is 1. The van der Waals surface area contributed by atoms with Crippen LogP contribution in [-0.2, 0) is 4.74 Å². The van der Waals surface area contributed by atoms with Gasteiger partial charge in [-0.05, 0) is 38.0 Å². The molecule has 0 unspecified atom stereocenters. The van der Waals surface area contributed by atoms with Crippen LogP contribution in [0.3, 0.4) is 0 Å². The van der Waals surface area contributed by atoms with Crippen LogP contribution in [0.15, 0.2) is 22.6 Å². The Morgan fingerprint density at radius 1 is 1.43 bits per heavy atom. The van der Waals surface area contributed by atoms with E-state index in [0.29, 0.717) is 29.4 Å². The summed E-state index contributed by atoms with van der Waals surface area (Å²) in [7, 11) is 3.19. The maximum Gasteiger partial charge on any atom is 0.289 e. The van der Waals surface area contributed by atoms with Crippen molar-refractivity contribution in [1.29, 1.82) is 0 Å². The molecule has 1 aromatic carbocycles. The highest BCUT2D eigenvalue weighted by atomic mass is 19.1. The van der Waals surface area contributed by atoms with Crippen LogP contribution in [0, 0.1) is 12.7 Å². The van der Waals surface area contributed by atoms with E-state index >= 15 is 0 Å². The Bertz CT molecular complexity index is 742. The van der Waals surface area contributed by atoms with Crippen LogP contribution < -0.4 is 0 Å². The van der Waals surface area contributed by atoms with E-state index in [2.05, 4.69) is 0 Å². The largest absolute Gasteiger partial charge is 0.451 e. The summed E-state index contributed by atoms with van der Waals surface area (Å²) in [6.07, 6.45) is 0.372. The van der Waals surface area contributed by atoms with Crippen LogP contribution in [0.5, 0.6) is 0 Å². The summed E-state index contributed by atoms with van der Waals surface area (Å²) in [5, 5.41) is 10.8. The number of aliphatic hydroxyl groups excluding tert-OH is 1. The second-order valence-electron chi connectivity index (χ2n) is 6.02. The monoisotopic (exact) mass is 321 g/mol. The molecule has 1 amide bonds. The number of rotatable bonds is 3. The van der Waals surface area contributed by atoms with E-state index in [4.69, 9.17) is 9.15 Å². The number of carbonyl (C=O) groups is 1. The van der Waals surface area contributed by atoms with Gasteiger partial charge in [0.25, 0.3) is 5.91 Å². The van der Waals surface area contributed by atoms with E-state index in [1.165, 1.54) is 23.1 Å². The topological polar surface area (TPSA) is 62.9 Å². The van der Waals surface area contributed by atoms with Gasteiger partial charge in [0.15, 0.2) is 5.76 Å². The van der Waals surface area contributed by atoms with E-state index in [1.54, 1.807) is 21.1 Å². The number of likely N-dealkylation sites (N-methyl/N-ethyl adjacent to an activating group) is 1. The summed E-state index contributed by atoms with van der Waals surface area (Å²) in [6, 6.07) is 3.85. The molecule has 0 radical (unpaired) electrons. The molecule has 1 fully saturated rings. The van der Waals surface area contributed by atoms with Crippen LogP contribution >= 0.6 is 0 Å². The molecule has 0 aliphatic heterocycles. The van der Waals surface area contributed by atoms with Crippen molar-refractivity contribution in [2.24, 2.45) is 0 Å². The molecular weight excluding hydrogens is 301 g/mol. The van der Waals surface area contributed by atoms with Crippen molar-refractivity contribution in [3.05, 3.63) is 35.3 Å². The van der Waals surface area contributed by atoms with Gasteiger partial charge in [0, 0.05) is 25.1 Å². The van der Waals surface area contributed by atoms with Gasteiger partial charge in [-0.3, -0.25) is 4.79 Å². The third-order valence-corrected chi connectivity index (χ3v) is 4.74. The minimum atomic E-state index is -0.726. The third-order valence-electron chi connectivity index (χ3n) is 4.74. The lowest BCUT2D eigenvalue weighted by molar-refractivity contribution is -0.0160. The molecule has 2 aromatic rings. The number of nitrogens with zero attached hydrogens (tertiary/aromatic N) is 1. The lowest BCUT2D eigenvalue weighted by atomic mass is 10.1. The molecular formula is C17H20FNO4. The minimum absolute atomic E-state index is 0.182. The molecule has 5 nitrogen and oxygen atoms in total. The number of halogens is 1. The molecule has 3 rings (SSSR count). The summed E-state index contributed by atoms with van der Waals surface area (Å²) >= 11 is 0. The van der Waals surface area contributed by atoms with Gasteiger partial charge in [-0.25, -0.2) is 4.39 Å². The maximum atomic E-state index is 13.4. The molecule has 124 valence electrons. The average Bonchev–Trinajstić information content (AvgIpc) is 3.06. The third kappa shape index (κ3) is 2.62. The van der Waals surface area contributed by atoms with E-state index in [0.717, 1.165) is 0 Å². The average molecular weight is 321 g/mol. The quantitative estimate of drug-likeness (QED) is 0.943. The second kappa shape index (κ2) is 5.94. The summed E-state index contributed by atoms with van der Waals surface area (Å²) in [5.41, 5.74) is 1.08. The zero-order chi connectivity index (χ0) is 16.7. The van der Waals surface area contributed by atoms with Crippen molar-refractivity contribution < 1.29 is 23.4 Å². The van der Waals surface area contributed by atoms with Gasteiger partial charge in [-0.1, -0.05) is 0 Å². The highest BCUT2D eigenvalue weighted by Crippen LogP contribution is 2.30. The number of hydrogen-bond donors (Lipinski definition) is 1. The van der Waals surface area contributed by atoms with Gasteiger partial charge < -0.3 is 19.2 Å². The van der Waals surface area contributed by atoms with Gasteiger partial charge in [0.05, 0.1) is 12.1 Å². The van der Waals surface area contributed by atoms with Gasteiger partial charge in [-0.15, -0.1) is 0 Å². The number of hydrogen-bond acceptors (Lipinski definition) is 4. The molecule has 1 aliphatic rings. The van der Waals surface area contributed by atoms with Crippen molar-refractivity contribution in [1.82, 2.24) is 4.90 Å². The maximum absolute atomic E-state index is 13.4. The van der Waals surface area contributed by atoms with Crippen LogP contribution in [0.2, 0.25) is 0 Å². The van der Waals surface area contributed by atoms with Gasteiger partial charge in [0.1, 0.15) is 17.5 Å². The van der Waals surface area contributed by atoms with Crippen LogP contribution in [0.25, 0.3) is 11.0 Å². The Morgan fingerprint density at radius 2 is 2.17 bits per heavy atom. The fourth-order valence-electron chi connectivity index (χ4n) is 3.31. The van der Waals surface area contributed by atoms with Crippen molar-refractivity contribution in [3.63, 3.8) is 0 Å². The fourth-order valence-corrected chi connectivity index (χ4v) is 3.31.